The summed E-state index contributed by atoms with van der Waals surface area (Å²) < 4.78 is 34.0. The van der Waals surface area contributed by atoms with E-state index in [9.17, 15) is 50.8 Å². The molecule has 0 spiro atoms. The van der Waals surface area contributed by atoms with Gasteiger partial charge < -0.3 is 79.7 Å². The molecule has 1 amide bonds. The summed E-state index contributed by atoms with van der Waals surface area (Å²) in [6.07, 6.45) is -22.1. The Morgan fingerprint density at radius 2 is 1.38 bits per heavy atom. The van der Waals surface area contributed by atoms with E-state index in [2.05, 4.69) is 5.32 Å². The normalized spacial score (nSPS) is 50.7. The lowest BCUT2D eigenvalue weighted by atomic mass is 9.91. The predicted molar refractivity (Wildman–Crippen MR) is 120 cm³/mol. The number of ether oxygens (including phenoxy) is 6. The third-order valence-corrected chi connectivity index (χ3v) is 7.35. The van der Waals surface area contributed by atoms with E-state index in [1.807, 2.05) is 0 Å². The van der Waals surface area contributed by atoms with Gasteiger partial charge in [0.1, 0.15) is 73.2 Å². The highest BCUT2D eigenvalue weighted by molar-refractivity contribution is 5.73. The van der Waals surface area contributed by atoms with Gasteiger partial charge in [-0.3, -0.25) is 4.79 Å². The van der Waals surface area contributed by atoms with Crippen LogP contribution in [0.2, 0.25) is 0 Å². The van der Waals surface area contributed by atoms with Gasteiger partial charge in [0, 0.05) is 13.5 Å². The van der Waals surface area contributed by atoms with E-state index in [0.717, 1.165) is 6.92 Å². The minimum absolute atomic E-state index is 0.0422. The molecule has 0 aliphatic carbocycles. The van der Waals surface area contributed by atoms with Crippen molar-refractivity contribution in [3.63, 3.8) is 0 Å². The fourth-order valence-corrected chi connectivity index (χ4v) is 5.22. The Kier molecular flexibility index (Phi) is 10.1. The molecular formula is C22H37NO16. The molecule has 10 N–H and O–H groups in total. The number of carbonyl (C=O) groups excluding carboxylic acids is 1. The minimum Gasteiger partial charge on any atom is -0.394 e. The van der Waals surface area contributed by atoms with Crippen LogP contribution in [0.3, 0.4) is 0 Å². The summed E-state index contributed by atoms with van der Waals surface area (Å²) in [4.78, 5) is 11.8. The second-order valence-electron chi connectivity index (χ2n) is 10.0. The van der Waals surface area contributed by atoms with E-state index in [0.29, 0.717) is 0 Å². The second-order valence-corrected chi connectivity index (χ2v) is 10.0. The van der Waals surface area contributed by atoms with Crippen LogP contribution in [-0.4, -0.2) is 170 Å². The van der Waals surface area contributed by atoms with E-state index in [4.69, 9.17) is 28.4 Å². The maximum atomic E-state index is 11.8. The number of hydrogen-bond acceptors (Lipinski definition) is 16. The van der Waals surface area contributed by atoms with Crippen LogP contribution in [0.4, 0.5) is 0 Å². The van der Waals surface area contributed by atoms with Crippen molar-refractivity contribution < 1.29 is 79.2 Å². The first-order valence-corrected chi connectivity index (χ1v) is 12.6. The monoisotopic (exact) mass is 571 g/mol. The summed E-state index contributed by atoms with van der Waals surface area (Å²) in [6, 6.07) is -1.39. The maximum absolute atomic E-state index is 11.8. The first-order valence-electron chi connectivity index (χ1n) is 12.6. The number of fused-ring (bicyclic) bond motifs is 1. The molecule has 0 aromatic carbocycles. The van der Waals surface area contributed by atoms with Crippen LogP contribution in [0.1, 0.15) is 13.3 Å². The predicted octanol–water partition coefficient (Wildman–Crippen LogP) is -6.63. The fraction of sp³-hybridized carbons (Fsp3) is 0.955. The first-order chi connectivity index (χ1) is 18.5. The van der Waals surface area contributed by atoms with Gasteiger partial charge >= 0.3 is 0 Å². The van der Waals surface area contributed by atoms with Crippen molar-refractivity contribution in [1.29, 1.82) is 0 Å². The van der Waals surface area contributed by atoms with Gasteiger partial charge in [0.05, 0.1) is 19.3 Å². The summed E-state index contributed by atoms with van der Waals surface area (Å²) in [7, 11) is 0. The summed E-state index contributed by atoms with van der Waals surface area (Å²) in [6.45, 7) is -0.278. The van der Waals surface area contributed by atoms with E-state index >= 15 is 0 Å². The molecule has 0 saturated carbocycles. The van der Waals surface area contributed by atoms with Gasteiger partial charge in [0.25, 0.3) is 0 Å². The number of aliphatic hydroxyl groups excluding tert-OH is 9. The van der Waals surface area contributed by atoms with Crippen LogP contribution in [-0.2, 0) is 33.2 Å². The highest BCUT2D eigenvalue weighted by atomic mass is 16.8. The average molecular weight is 572 g/mol. The molecule has 4 saturated heterocycles. The Hall–Kier alpha value is -1.13. The number of carbonyl (C=O) groups is 1. The van der Waals surface area contributed by atoms with Gasteiger partial charge in [-0.25, -0.2) is 0 Å². The van der Waals surface area contributed by atoms with E-state index < -0.39 is 117 Å². The quantitative estimate of drug-likeness (QED) is 0.136. The lowest BCUT2D eigenvalue weighted by molar-refractivity contribution is -0.379. The fourth-order valence-electron chi connectivity index (χ4n) is 5.22. The zero-order valence-corrected chi connectivity index (χ0v) is 20.9. The van der Waals surface area contributed by atoms with Crippen molar-refractivity contribution in [3.05, 3.63) is 0 Å². The number of nitrogens with one attached hydrogen (secondary N) is 1. The zero-order chi connectivity index (χ0) is 28.6. The van der Waals surface area contributed by atoms with E-state index in [1.54, 1.807) is 0 Å². The SMILES string of the molecule is CC(=O)N[C@H]1[C@H](O[C@@H]2[C@@H](O[C@H]3CCO[C@H]4[C@H](O)[C@@H](O)[C@H](O)O[C@@H]43)O[C@H](CO)[C@@H](O)[C@@H]2O)O[C@H](CO)[C@@H](O)[C@@H]1O. The third kappa shape index (κ3) is 6.22. The molecule has 0 bridgehead atoms. The molecule has 4 aliphatic rings. The van der Waals surface area contributed by atoms with Crippen molar-refractivity contribution in [2.24, 2.45) is 0 Å². The molecule has 0 aromatic heterocycles. The minimum atomic E-state index is -1.78. The van der Waals surface area contributed by atoms with Crippen molar-refractivity contribution in [1.82, 2.24) is 5.32 Å². The largest absolute Gasteiger partial charge is 0.394 e. The smallest absolute Gasteiger partial charge is 0.217 e. The van der Waals surface area contributed by atoms with Crippen molar-refractivity contribution in [3.8, 4) is 0 Å². The Morgan fingerprint density at radius 3 is 2.00 bits per heavy atom. The molecule has 16 atom stereocenters. The zero-order valence-electron chi connectivity index (χ0n) is 20.9. The Bertz CT molecular complexity index is 823. The third-order valence-electron chi connectivity index (χ3n) is 7.35. The highest BCUT2D eigenvalue weighted by Crippen LogP contribution is 2.35. The van der Waals surface area contributed by atoms with Crippen molar-refractivity contribution in [2.75, 3.05) is 19.8 Å². The van der Waals surface area contributed by atoms with Crippen LogP contribution in [0, 0.1) is 0 Å². The van der Waals surface area contributed by atoms with Gasteiger partial charge in [-0.2, -0.15) is 0 Å². The second kappa shape index (κ2) is 12.8. The Balaban J connectivity index is 1.58. The molecule has 17 nitrogen and oxygen atoms in total. The van der Waals surface area contributed by atoms with E-state index in [-0.39, 0.29) is 13.0 Å². The van der Waals surface area contributed by atoms with E-state index in [1.165, 1.54) is 0 Å². The number of aliphatic hydroxyl groups is 9. The highest BCUT2D eigenvalue weighted by Gasteiger charge is 2.54. The molecule has 4 fully saturated rings. The number of amides is 1. The van der Waals surface area contributed by atoms with Crippen LogP contribution >= 0.6 is 0 Å². The molecule has 39 heavy (non-hydrogen) atoms. The average Bonchev–Trinajstić information content (AvgIpc) is 2.90. The molecule has 4 rings (SSSR count). The molecular weight excluding hydrogens is 534 g/mol. The lowest BCUT2D eigenvalue weighted by Gasteiger charge is -2.50. The Morgan fingerprint density at radius 1 is 0.769 bits per heavy atom. The molecule has 17 heteroatoms. The summed E-state index contributed by atoms with van der Waals surface area (Å²) in [5.74, 6) is -0.624. The Labute approximate surface area is 222 Å². The van der Waals surface area contributed by atoms with Crippen LogP contribution in [0.15, 0.2) is 0 Å². The van der Waals surface area contributed by atoms with Gasteiger partial charge in [-0.05, 0) is 6.42 Å². The molecule has 4 heterocycles. The molecule has 0 unspecified atom stereocenters. The number of rotatable bonds is 7. The van der Waals surface area contributed by atoms with Gasteiger partial charge in [-0.15, -0.1) is 0 Å². The first kappa shape index (κ1) is 30.8. The van der Waals surface area contributed by atoms with Crippen LogP contribution in [0.25, 0.3) is 0 Å². The molecule has 0 aromatic rings. The van der Waals surface area contributed by atoms with Gasteiger partial charge in [0.2, 0.25) is 5.91 Å². The number of hydrogen-bond donors (Lipinski definition) is 10. The lowest BCUT2D eigenvalue weighted by Crippen LogP contribution is -2.68. The van der Waals surface area contributed by atoms with Crippen LogP contribution in [0.5, 0.6) is 0 Å². The standard InChI is InChI=1S/C22H37NO16/c1-6(26)23-10-13(29)11(27)8(4-24)36-21(10)39-19-14(30)12(28)9(5-25)37-22(19)35-7-2-3-34-18-15(31)16(32)20(33)38-17(7)18/h7-22,24-25,27-33H,2-5H2,1H3,(H,23,26)/t7-,8+,9+,10+,11+,12+,13+,14-,15+,16+,17+,18-,19-,20+,21-,22-/m0/s1. The van der Waals surface area contributed by atoms with Gasteiger partial charge in [0.15, 0.2) is 18.9 Å². The van der Waals surface area contributed by atoms with Crippen molar-refractivity contribution >= 4 is 5.91 Å². The van der Waals surface area contributed by atoms with Crippen molar-refractivity contribution in [2.45, 2.75) is 112 Å². The molecule has 0 radical (unpaired) electrons. The van der Waals surface area contributed by atoms with Gasteiger partial charge in [-0.1, -0.05) is 0 Å². The summed E-state index contributed by atoms with van der Waals surface area (Å²) >= 11 is 0. The summed E-state index contributed by atoms with van der Waals surface area (Å²) in [5.41, 5.74) is 0. The van der Waals surface area contributed by atoms with Crippen LogP contribution < -0.4 is 5.32 Å². The molecule has 226 valence electrons. The summed E-state index contributed by atoms with van der Waals surface area (Å²) in [5, 5.41) is 94.2. The topological polar surface area (TPSA) is 267 Å². The maximum Gasteiger partial charge on any atom is 0.217 e. The molecule has 4 aliphatic heterocycles.